The summed E-state index contributed by atoms with van der Waals surface area (Å²) in [7, 11) is 0. The monoisotopic (exact) mass is 175 g/mol. The molecule has 0 aromatic carbocycles. The Hall–Kier alpha value is 0.890. The fraction of sp³-hybridized carbons (Fsp3) is 1.00. The van der Waals surface area contributed by atoms with E-state index in [-0.39, 0.29) is 24.8 Å². The van der Waals surface area contributed by atoms with E-state index >= 15 is 0 Å². The first-order valence-electron chi connectivity index (χ1n) is 2.28. The van der Waals surface area contributed by atoms with Crippen LogP contribution < -0.4 is 5.32 Å². The summed E-state index contributed by atoms with van der Waals surface area (Å²) in [6.07, 6.45) is 1.24. The van der Waals surface area contributed by atoms with Gasteiger partial charge in [-0.05, 0) is 13.0 Å². The number of rotatable bonds is 0. The molecule has 1 atom stereocenters. The topological polar surface area (TPSA) is 12.0 Å². The highest BCUT2D eigenvalue weighted by molar-refractivity contribution is 7.81. The van der Waals surface area contributed by atoms with Gasteiger partial charge in [-0.2, -0.15) is 12.6 Å². The van der Waals surface area contributed by atoms with Gasteiger partial charge in [0.1, 0.15) is 0 Å². The van der Waals surface area contributed by atoms with E-state index in [2.05, 4.69) is 17.9 Å². The molecular weight excluding hydrogens is 165 g/mol. The summed E-state index contributed by atoms with van der Waals surface area (Å²) in [5.41, 5.74) is 0. The minimum absolute atomic E-state index is 0. The zero-order valence-corrected chi connectivity index (χ0v) is 6.99. The molecule has 4 heteroatoms. The molecule has 0 amide bonds. The fourth-order valence-corrected chi connectivity index (χ4v) is 0.898. The predicted octanol–water partition coefficient (Wildman–Crippen LogP) is 1.12. The van der Waals surface area contributed by atoms with Crippen LogP contribution in [-0.2, 0) is 0 Å². The van der Waals surface area contributed by atoms with Crippen molar-refractivity contribution in [1.29, 1.82) is 0 Å². The Bertz CT molecular complexity index is 47.3. The minimum Gasteiger partial charge on any atom is -0.316 e. The summed E-state index contributed by atoms with van der Waals surface area (Å²) < 4.78 is 0. The van der Waals surface area contributed by atoms with Gasteiger partial charge in [0.2, 0.25) is 0 Å². The molecule has 8 heavy (non-hydrogen) atoms. The summed E-state index contributed by atoms with van der Waals surface area (Å²) in [4.78, 5) is 0. The van der Waals surface area contributed by atoms with E-state index < -0.39 is 0 Å². The predicted molar refractivity (Wildman–Crippen MR) is 44.8 cm³/mol. The Morgan fingerprint density at radius 3 is 2.12 bits per heavy atom. The molecule has 0 radical (unpaired) electrons. The molecule has 1 N–H and O–H groups in total. The fourth-order valence-electron chi connectivity index (χ4n) is 0.639. The quantitative estimate of drug-likeness (QED) is 0.527. The average Bonchev–Trinajstić information content (AvgIpc) is 1.86. The lowest BCUT2D eigenvalue weighted by Gasteiger charge is -1.89. The van der Waals surface area contributed by atoms with Gasteiger partial charge in [-0.25, -0.2) is 0 Å². The van der Waals surface area contributed by atoms with Gasteiger partial charge in [-0.15, -0.1) is 24.8 Å². The SMILES string of the molecule is Cl.Cl.SC1CCNC1. The lowest BCUT2D eigenvalue weighted by Crippen LogP contribution is -2.07. The minimum atomic E-state index is 0. The molecule has 1 unspecified atom stereocenters. The molecule has 1 fully saturated rings. The second-order valence-corrected chi connectivity index (χ2v) is 2.38. The van der Waals surface area contributed by atoms with Gasteiger partial charge < -0.3 is 5.32 Å². The maximum absolute atomic E-state index is 4.23. The summed E-state index contributed by atoms with van der Waals surface area (Å²) in [5, 5.41) is 3.83. The van der Waals surface area contributed by atoms with E-state index in [1.165, 1.54) is 6.42 Å². The number of hydrogen-bond acceptors (Lipinski definition) is 2. The van der Waals surface area contributed by atoms with E-state index in [1.54, 1.807) is 0 Å². The standard InChI is InChI=1S/C4H9NS.2ClH/c6-4-1-2-5-3-4;;/h4-6H,1-3H2;2*1H. The molecule has 0 bridgehead atoms. The van der Waals surface area contributed by atoms with Crippen LogP contribution in [0, 0.1) is 0 Å². The van der Waals surface area contributed by atoms with Crippen LogP contribution in [0.5, 0.6) is 0 Å². The van der Waals surface area contributed by atoms with Crippen LogP contribution in [0.1, 0.15) is 6.42 Å². The molecule has 1 rings (SSSR count). The van der Waals surface area contributed by atoms with Crippen LogP contribution in [0.15, 0.2) is 0 Å². The summed E-state index contributed by atoms with van der Waals surface area (Å²) in [6, 6.07) is 0. The smallest absolute Gasteiger partial charge is 0.0154 e. The second kappa shape index (κ2) is 6.02. The summed E-state index contributed by atoms with van der Waals surface area (Å²) in [5.74, 6) is 0. The van der Waals surface area contributed by atoms with Crippen molar-refractivity contribution < 1.29 is 0 Å². The van der Waals surface area contributed by atoms with Crippen LogP contribution in [0.3, 0.4) is 0 Å². The highest BCUT2D eigenvalue weighted by Crippen LogP contribution is 2.02. The van der Waals surface area contributed by atoms with Gasteiger partial charge in [0.05, 0.1) is 0 Å². The number of thiol groups is 1. The first-order valence-corrected chi connectivity index (χ1v) is 2.80. The second-order valence-electron chi connectivity index (χ2n) is 1.65. The normalized spacial score (nSPS) is 25.9. The zero-order valence-electron chi connectivity index (χ0n) is 4.46. The lowest BCUT2D eigenvalue weighted by molar-refractivity contribution is 0.859. The number of nitrogens with one attached hydrogen (secondary N) is 1. The number of hydrogen-bond donors (Lipinski definition) is 2. The third-order valence-electron chi connectivity index (χ3n) is 1.03. The Morgan fingerprint density at radius 2 is 2.00 bits per heavy atom. The average molecular weight is 176 g/mol. The van der Waals surface area contributed by atoms with Crippen molar-refractivity contribution in [3.63, 3.8) is 0 Å². The van der Waals surface area contributed by atoms with Crippen LogP contribution in [0.2, 0.25) is 0 Å². The van der Waals surface area contributed by atoms with Crippen molar-refractivity contribution in [3.8, 4) is 0 Å². The molecule has 52 valence electrons. The van der Waals surface area contributed by atoms with E-state index in [0.717, 1.165) is 13.1 Å². The molecule has 1 heterocycles. The van der Waals surface area contributed by atoms with Gasteiger partial charge in [-0.3, -0.25) is 0 Å². The zero-order chi connectivity index (χ0) is 4.41. The molecule has 1 aliphatic rings. The van der Waals surface area contributed by atoms with Crippen LogP contribution >= 0.6 is 37.4 Å². The van der Waals surface area contributed by atoms with Crippen molar-refractivity contribution in [1.82, 2.24) is 5.32 Å². The molecule has 1 aliphatic heterocycles. The van der Waals surface area contributed by atoms with E-state index in [9.17, 15) is 0 Å². The third-order valence-corrected chi connectivity index (χ3v) is 1.48. The van der Waals surface area contributed by atoms with Gasteiger partial charge >= 0.3 is 0 Å². The maximum atomic E-state index is 4.23. The number of halogens is 2. The molecular formula is C4H11Cl2NS. The highest BCUT2D eigenvalue weighted by atomic mass is 35.5. The Morgan fingerprint density at radius 1 is 1.38 bits per heavy atom. The van der Waals surface area contributed by atoms with Gasteiger partial charge in [0.25, 0.3) is 0 Å². The van der Waals surface area contributed by atoms with Crippen molar-refractivity contribution >= 4 is 37.4 Å². The van der Waals surface area contributed by atoms with Crippen molar-refractivity contribution in [2.75, 3.05) is 13.1 Å². The largest absolute Gasteiger partial charge is 0.316 e. The van der Waals surface area contributed by atoms with Crippen LogP contribution in [0.25, 0.3) is 0 Å². The first-order chi connectivity index (χ1) is 2.89. The van der Waals surface area contributed by atoms with Gasteiger partial charge in [0, 0.05) is 11.8 Å². The Labute approximate surface area is 67.8 Å². The molecule has 1 saturated heterocycles. The van der Waals surface area contributed by atoms with Crippen LogP contribution in [0.4, 0.5) is 0 Å². The third kappa shape index (κ3) is 3.84. The molecule has 0 aromatic heterocycles. The lowest BCUT2D eigenvalue weighted by atomic mass is 10.4. The Kier molecular flexibility index (Phi) is 8.77. The molecule has 0 saturated carbocycles. The first kappa shape index (κ1) is 11.7. The van der Waals surface area contributed by atoms with Crippen molar-refractivity contribution in [3.05, 3.63) is 0 Å². The molecule has 0 spiro atoms. The molecule has 1 nitrogen and oxygen atoms in total. The van der Waals surface area contributed by atoms with E-state index in [1.807, 2.05) is 0 Å². The van der Waals surface area contributed by atoms with Crippen molar-refractivity contribution in [2.45, 2.75) is 11.7 Å². The van der Waals surface area contributed by atoms with E-state index in [4.69, 9.17) is 0 Å². The van der Waals surface area contributed by atoms with Crippen LogP contribution in [-0.4, -0.2) is 18.3 Å². The van der Waals surface area contributed by atoms with Gasteiger partial charge in [0.15, 0.2) is 0 Å². The van der Waals surface area contributed by atoms with E-state index in [0.29, 0.717) is 5.25 Å². The maximum Gasteiger partial charge on any atom is 0.0154 e. The Balaban J connectivity index is 0. The molecule has 0 aliphatic carbocycles. The summed E-state index contributed by atoms with van der Waals surface area (Å²) >= 11 is 4.23. The summed E-state index contributed by atoms with van der Waals surface area (Å²) in [6.45, 7) is 2.26. The highest BCUT2D eigenvalue weighted by Gasteiger charge is 2.07. The molecule has 0 aromatic rings. The van der Waals surface area contributed by atoms with Crippen molar-refractivity contribution in [2.24, 2.45) is 0 Å². The van der Waals surface area contributed by atoms with Gasteiger partial charge in [-0.1, -0.05) is 0 Å².